The van der Waals surface area contributed by atoms with E-state index in [1.165, 1.54) is 0 Å². The molecular weight excluding hydrogens is 138 g/mol. The summed E-state index contributed by atoms with van der Waals surface area (Å²) in [6.07, 6.45) is -2.60. The molecule has 0 amide bonds. The minimum Gasteiger partial charge on any atom is -0.329 e. The molecule has 2 atom stereocenters. The van der Waals surface area contributed by atoms with Gasteiger partial charge in [-0.2, -0.15) is 0 Å². The Labute approximate surface area is 59.0 Å². The van der Waals surface area contributed by atoms with Crippen LogP contribution in [-0.2, 0) is 0 Å². The molecule has 1 aliphatic heterocycles. The van der Waals surface area contributed by atoms with Crippen LogP contribution < -0.4 is 5.73 Å². The molecule has 2 N–H and O–H groups in total. The standard InChI is InChI=1S/C6H12F2N2/c7-5-3-10(2-1-9)4-6(5)8/h5-6H,1-4,9H2. The van der Waals surface area contributed by atoms with Crippen molar-refractivity contribution >= 4 is 0 Å². The first-order chi connectivity index (χ1) is 4.74. The van der Waals surface area contributed by atoms with Crippen LogP contribution in [0.25, 0.3) is 0 Å². The first kappa shape index (κ1) is 7.88. The molecule has 1 fully saturated rings. The Hall–Kier alpha value is -0.220. The molecule has 1 aliphatic rings. The topological polar surface area (TPSA) is 29.3 Å². The van der Waals surface area contributed by atoms with Crippen molar-refractivity contribution in [2.75, 3.05) is 26.2 Å². The zero-order chi connectivity index (χ0) is 7.56. The zero-order valence-electron chi connectivity index (χ0n) is 5.76. The highest BCUT2D eigenvalue weighted by Crippen LogP contribution is 2.15. The van der Waals surface area contributed by atoms with Crippen LogP contribution in [0.5, 0.6) is 0 Å². The number of nitrogens with zero attached hydrogens (tertiary/aromatic N) is 1. The van der Waals surface area contributed by atoms with Gasteiger partial charge in [0.15, 0.2) is 0 Å². The molecule has 0 saturated carbocycles. The molecule has 1 rings (SSSR count). The molecule has 60 valence electrons. The molecule has 1 saturated heterocycles. The summed E-state index contributed by atoms with van der Waals surface area (Å²) in [7, 11) is 0. The predicted molar refractivity (Wildman–Crippen MR) is 35.3 cm³/mol. The third kappa shape index (κ3) is 1.64. The highest BCUT2D eigenvalue weighted by atomic mass is 19.2. The normalized spacial score (nSPS) is 35.1. The average molecular weight is 150 g/mol. The number of likely N-dealkylation sites (tertiary alicyclic amines) is 1. The SMILES string of the molecule is NCCN1CC(F)C(F)C1. The van der Waals surface area contributed by atoms with Crippen molar-refractivity contribution in [1.82, 2.24) is 4.90 Å². The maximum absolute atomic E-state index is 12.4. The van der Waals surface area contributed by atoms with Gasteiger partial charge in [0.25, 0.3) is 0 Å². The number of alkyl halides is 2. The number of nitrogens with two attached hydrogens (primary N) is 1. The summed E-state index contributed by atoms with van der Waals surface area (Å²) in [5, 5.41) is 0. The van der Waals surface area contributed by atoms with Gasteiger partial charge in [-0.05, 0) is 0 Å². The van der Waals surface area contributed by atoms with Crippen molar-refractivity contribution in [1.29, 1.82) is 0 Å². The molecule has 2 nitrogen and oxygen atoms in total. The van der Waals surface area contributed by atoms with E-state index in [2.05, 4.69) is 0 Å². The van der Waals surface area contributed by atoms with Crippen molar-refractivity contribution in [2.24, 2.45) is 5.73 Å². The summed E-state index contributed by atoms with van der Waals surface area (Å²) >= 11 is 0. The van der Waals surface area contributed by atoms with E-state index >= 15 is 0 Å². The fourth-order valence-electron chi connectivity index (χ4n) is 1.16. The average Bonchev–Trinajstić information content (AvgIpc) is 2.14. The lowest BCUT2D eigenvalue weighted by molar-refractivity contribution is 0.217. The minimum atomic E-state index is -1.30. The van der Waals surface area contributed by atoms with E-state index in [4.69, 9.17) is 5.73 Å². The molecule has 0 aromatic heterocycles. The van der Waals surface area contributed by atoms with Gasteiger partial charge in [-0.15, -0.1) is 0 Å². The number of rotatable bonds is 2. The summed E-state index contributed by atoms with van der Waals surface area (Å²) in [6, 6.07) is 0. The van der Waals surface area contributed by atoms with Crippen LogP contribution in [0.2, 0.25) is 0 Å². The molecule has 2 unspecified atom stereocenters. The van der Waals surface area contributed by atoms with Crippen LogP contribution in [0, 0.1) is 0 Å². The van der Waals surface area contributed by atoms with Gasteiger partial charge in [-0.1, -0.05) is 0 Å². The first-order valence-electron chi connectivity index (χ1n) is 3.44. The molecule has 10 heavy (non-hydrogen) atoms. The molecule has 4 heteroatoms. The second-order valence-corrected chi connectivity index (χ2v) is 2.58. The first-order valence-corrected chi connectivity index (χ1v) is 3.44. The molecule has 0 aliphatic carbocycles. The third-order valence-corrected chi connectivity index (χ3v) is 1.70. The molecule has 0 radical (unpaired) electrons. The van der Waals surface area contributed by atoms with E-state index in [1.807, 2.05) is 0 Å². The van der Waals surface area contributed by atoms with Crippen LogP contribution in [0.4, 0.5) is 8.78 Å². The zero-order valence-corrected chi connectivity index (χ0v) is 5.76. The Balaban J connectivity index is 2.27. The van der Waals surface area contributed by atoms with Gasteiger partial charge in [-0.3, -0.25) is 4.90 Å². The Bertz CT molecular complexity index is 99.9. The molecule has 0 aromatic rings. The van der Waals surface area contributed by atoms with E-state index in [-0.39, 0.29) is 13.1 Å². The summed E-state index contributed by atoms with van der Waals surface area (Å²) in [5.41, 5.74) is 5.21. The maximum atomic E-state index is 12.4. The van der Waals surface area contributed by atoms with E-state index in [9.17, 15) is 8.78 Å². The smallest absolute Gasteiger partial charge is 0.145 e. The lowest BCUT2D eigenvalue weighted by atomic mass is 10.3. The summed E-state index contributed by atoms with van der Waals surface area (Å²) in [4.78, 5) is 1.70. The van der Waals surface area contributed by atoms with E-state index in [1.54, 1.807) is 4.90 Å². The van der Waals surface area contributed by atoms with Crippen LogP contribution in [-0.4, -0.2) is 43.4 Å². The van der Waals surface area contributed by atoms with Crippen molar-refractivity contribution in [3.8, 4) is 0 Å². The van der Waals surface area contributed by atoms with Crippen LogP contribution in [0.1, 0.15) is 0 Å². The van der Waals surface area contributed by atoms with E-state index in [0.29, 0.717) is 13.1 Å². The second kappa shape index (κ2) is 3.25. The molecule has 0 bridgehead atoms. The number of hydrogen-bond donors (Lipinski definition) is 1. The van der Waals surface area contributed by atoms with Gasteiger partial charge in [0.2, 0.25) is 0 Å². The number of halogens is 2. The summed E-state index contributed by atoms with van der Waals surface area (Å²) in [6.45, 7) is 1.48. The molecule has 1 heterocycles. The van der Waals surface area contributed by atoms with Crippen LogP contribution in [0.15, 0.2) is 0 Å². The molecule has 0 aromatic carbocycles. The van der Waals surface area contributed by atoms with Crippen molar-refractivity contribution in [3.05, 3.63) is 0 Å². The van der Waals surface area contributed by atoms with Gasteiger partial charge in [0, 0.05) is 26.2 Å². The van der Waals surface area contributed by atoms with Gasteiger partial charge in [0.1, 0.15) is 12.3 Å². The Morgan fingerprint density at radius 1 is 1.30 bits per heavy atom. The van der Waals surface area contributed by atoms with Gasteiger partial charge in [-0.25, -0.2) is 8.78 Å². The quantitative estimate of drug-likeness (QED) is 0.597. The van der Waals surface area contributed by atoms with Crippen LogP contribution in [0.3, 0.4) is 0 Å². The fourth-order valence-corrected chi connectivity index (χ4v) is 1.16. The van der Waals surface area contributed by atoms with Crippen molar-refractivity contribution in [3.63, 3.8) is 0 Å². The van der Waals surface area contributed by atoms with Crippen molar-refractivity contribution in [2.45, 2.75) is 12.3 Å². The maximum Gasteiger partial charge on any atom is 0.145 e. The second-order valence-electron chi connectivity index (χ2n) is 2.58. The third-order valence-electron chi connectivity index (χ3n) is 1.70. The Morgan fingerprint density at radius 3 is 2.20 bits per heavy atom. The fraction of sp³-hybridized carbons (Fsp3) is 1.00. The van der Waals surface area contributed by atoms with Gasteiger partial charge >= 0.3 is 0 Å². The van der Waals surface area contributed by atoms with Crippen molar-refractivity contribution < 1.29 is 8.78 Å². The molecular formula is C6H12F2N2. The Morgan fingerprint density at radius 2 is 1.80 bits per heavy atom. The highest BCUT2D eigenvalue weighted by molar-refractivity contribution is 4.83. The van der Waals surface area contributed by atoms with E-state index in [0.717, 1.165) is 0 Å². The molecule has 0 spiro atoms. The van der Waals surface area contributed by atoms with Gasteiger partial charge in [0.05, 0.1) is 0 Å². The largest absolute Gasteiger partial charge is 0.329 e. The van der Waals surface area contributed by atoms with Crippen LogP contribution >= 0.6 is 0 Å². The summed E-state index contributed by atoms with van der Waals surface area (Å²) in [5.74, 6) is 0. The monoisotopic (exact) mass is 150 g/mol. The van der Waals surface area contributed by atoms with E-state index < -0.39 is 12.3 Å². The van der Waals surface area contributed by atoms with Gasteiger partial charge < -0.3 is 5.73 Å². The minimum absolute atomic E-state index is 0.207. The predicted octanol–water partition coefficient (Wildman–Crippen LogP) is -0.0631. The highest BCUT2D eigenvalue weighted by Gasteiger charge is 2.31. The number of hydrogen-bond acceptors (Lipinski definition) is 2. The summed E-state index contributed by atoms with van der Waals surface area (Å²) < 4.78 is 24.9. The lowest BCUT2D eigenvalue weighted by Gasteiger charge is -2.10. The Kier molecular flexibility index (Phi) is 2.56. The lowest BCUT2D eigenvalue weighted by Crippen LogP contribution is -2.27.